The van der Waals surface area contributed by atoms with Gasteiger partial charge in [0.2, 0.25) is 0 Å². The van der Waals surface area contributed by atoms with Crippen LogP contribution in [0, 0.1) is 17.7 Å². The minimum atomic E-state index is -0.667. The van der Waals surface area contributed by atoms with Gasteiger partial charge in [0.1, 0.15) is 5.82 Å². The number of nitrogens with two attached hydrogens (primary N) is 1. The minimum absolute atomic E-state index is 0.0261. The molecule has 4 heteroatoms. The van der Waals surface area contributed by atoms with Gasteiger partial charge in [0.15, 0.2) is 0 Å². The summed E-state index contributed by atoms with van der Waals surface area (Å²) in [4.78, 5) is 0. The van der Waals surface area contributed by atoms with Crippen LogP contribution in [0.1, 0.15) is 25.5 Å². The van der Waals surface area contributed by atoms with Crippen molar-refractivity contribution in [1.29, 1.82) is 0 Å². The van der Waals surface area contributed by atoms with Crippen LogP contribution in [0.3, 0.4) is 0 Å². The highest BCUT2D eigenvalue weighted by molar-refractivity contribution is 9.10. The molecule has 0 radical (unpaired) electrons. The van der Waals surface area contributed by atoms with Crippen molar-refractivity contribution in [1.82, 2.24) is 0 Å². The van der Waals surface area contributed by atoms with Crippen molar-refractivity contribution in [2.75, 3.05) is 6.54 Å². The zero-order chi connectivity index (χ0) is 12.3. The van der Waals surface area contributed by atoms with Gasteiger partial charge >= 0.3 is 0 Å². The maximum Gasteiger partial charge on any atom is 0.124 e. The highest BCUT2D eigenvalue weighted by Gasteiger charge is 2.24. The lowest BCUT2D eigenvalue weighted by atomic mass is 9.86. The van der Waals surface area contributed by atoms with Gasteiger partial charge in [0.05, 0.1) is 6.10 Å². The highest BCUT2D eigenvalue weighted by atomic mass is 79.9. The molecule has 2 atom stereocenters. The Labute approximate surface area is 104 Å². The monoisotopic (exact) mass is 289 g/mol. The Hall–Kier alpha value is -0.450. The molecule has 0 fully saturated rings. The number of aliphatic hydroxyl groups is 1. The molecule has 0 bridgehead atoms. The van der Waals surface area contributed by atoms with E-state index in [-0.39, 0.29) is 17.7 Å². The maximum atomic E-state index is 12.9. The third-order valence-electron chi connectivity index (χ3n) is 2.82. The van der Waals surface area contributed by atoms with Crippen LogP contribution in [0.5, 0.6) is 0 Å². The molecule has 1 aromatic rings. The quantitative estimate of drug-likeness (QED) is 0.895. The van der Waals surface area contributed by atoms with E-state index in [2.05, 4.69) is 15.9 Å². The van der Waals surface area contributed by atoms with Gasteiger partial charge < -0.3 is 10.8 Å². The summed E-state index contributed by atoms with van der Waals surface area (Å²) >= 11 is 3.25. The summed E-state index contributed by atoms with van der Waals surface area (Å²) in [7, 11) is 0. The van der Waals surface area contributed by atoms with Crippen LogP contribution in [-0.4, -0.2) is 11.7 Å². The summed E-state index contributed by atoms with van der Waals surface area (Å²) in [5.74, 6) is -0.0737. The van der Waals surface area contributed by atoms with Crippen LogP contribution in [-0.2, 0) is 0 Å². The normalized spacial score (nSPS) is 15.2. The molecule has 90 valence electrons. The van der Waals surface area contributed by atoms with Gasteiger partial charge in [-0.3, -0.25) is 0 Å². The largest absolute Gasteiger partial charge is 0.388 e. The number of rotatable bonds is 4. The van der Waals surface area contributed by atoms with Crippen molar-refractivity contribution in [3.63, 3.8) is 0 Å². The highest BCUT2D eigenvalue weighted by Crippen LogP contribution is 2.32. The van der Waals surface area contributed by atoms with E-state index in [1.54, 1.807) is 6.07 Å². The summed E-state index contributed by atoms with van der Waals surface area (Å²) in [5, 5.41) is 10.2. The van der Waals surface area contributed by atoms with Crippen molar-refractivity contribution in [2.24, 2.45) is 17.6 Å². The second-order valence-electron chi connectivity index (χ2n) is 4.25. The van der Waals surface area contributed by atoms with Crippen molar-refractivity contribution >= 4 is 15.9 Å². The Morgan fingerprint density at radius 3 is 2.50 bits per heavy atom. The average Bonchev–Trinajstić information content (AvgIpc) is 2.17. The van der Waals surface area contributed by atoms with Gasteiger partial charge in [-0.15, -0.1) is 0 Å². The van der Waals surface area contributed by atoms with Gasteiger partial charge in [-0.1, -0.05) is 35.8 Å². The third kappa shape index (κ3) is 3.03. The molecule has 0 aliphatic carbocycles. The second-order valence-corrected chi connectivity index (χ2v) is 5.11. The summed E-state index contributed by atoms with van der Waals surface area (Å²) in [5.41, 5.74) is 6.33. The predicted molar refractivity (Wildman–Crippen MR) is 66.4 cm³/mol. The fourth-order valence-electron chi connectivity index (χ4n) is 1.74. The van der Waals surface area contributed by atoms with E-state index >= 15 is 0 Å². The van der Waals surface area contributed by atoms with Gasteiger partial charge in [-0.2, -0.15) is 0 Å². The Balaban J connectivity index is 2.99. The van der Waals surface area contributed by atoms with Crippen molar-refractivity contribution in [3.8, 4) is 0 Å². The summed E-state index contributed by atoms with van der Waals surface area (Å²) < 4.78 is 13.5. The van der Waals surface area contributed by atoms with E-state index in [1.807, 2.05) is 13.8 Å². The van der Waals surface area contributed by atoms with Crippen LogP contribution < -0.4 is 5.73 Å². The van der Waals surface area contributed by atoms with Gasteiger partial charge in [0, 0.05) is 10.4 Å². The molecular formula is C12H17BrFNO. The van der Waals surface area contributed by atoms with Crippen LogP contribution in [0.2, 0.25) is 0 Å². The van der Waals surface area contributed by atoms with Crippen LogP contribution in [0.15, 0.2) is 22.7 Å². The first-order chi connectivity index (χ1) is 7.47. The predicted octanol–water partition coefficient (Wildman–Crippen LogP) is 2.85. The number of benzene rings is 1. The second kappa shape index (κ2) is 5.75. The molecule has 0 amide bonds. The Kier molecular flexibility index (Phi) is 4.89. The van der Waals surface area contributed by atoms with E-state index in [4.69, 9.17) is 5.73 Å². The summed E-state index contributed by atoms with van der Waals surface area (Å²) in [6, 6.07) is 4.29. The zero-order valence-electron chi connectivity index (χ0n) is 9.45. The van der Waals surface area contributed by atoms with Crippen molar-refractivity contribution < 1.29 is 9.50 Å². The number of aliphatic hydroxyl groups excluding tert-OH is 1. The molecule has 0 saturated heterocycles. The Morgan fingerprint density at radius 2 is 2.06 bits per heavy atom. The molecule has 2 unspecified atom stereocenters. The van der Waals surface area contributed by atoms with Crippen LogP contribution >= 0.6 is 15.9 Å². The van der Waals surface area contributed by atoms with Gasteiger partial charge in [-0.05, 0) is 30.2 Å². The number of halogens is 2. The lowest BCUT2D eigenvalue weighted by Gasteiger charge is -2.26. The summed E-state index contributed by atoms with van der Waals surface area (Å²) in [6.45, 7) is 4.43. The number of hydrogen-bond donors (Lipinski definition) is 2. The molecule has 0 aliphatic heterocycles. The molecular weight excluding hydrogens is 273 g/mol. The molecule has 0 aromatic heterocycles. The average molecular weight is 290 g/mol. The topological polar surface area (TPSA) is 46.2 Å². The smallest absolute Gasteiger partial charge is 0.124 e. The standard InChI is InChI=1S/C12H17BrFNO/c1-7(2)10(6-15)12(16)9-4-3-8(14)5-11(9)13/h3-5,7,10,12,16H,6,15H2,1-2H3. The van der Waals surface area contributed by atoms with Crippen LogP contribution in [0.4, 0.5) is 4.39 Å². The first-order valence-corrected chi connectivity index (χ1v) is 6.09. The minimum Gasteiger partial charge on any atom is -0.388 e. The van der Waals surface area contributed by atoms with E-state index < -0.39 is 6.10 Å². The molecule has 0 saturated carbocycles. The molecule has 1 aromatic carbocycles. The van der Waals surface area contributed by atoms with Crippen LogP contribution in [0.25, 0.3) is 0 Å². The van der Waals surface area contributed by atoms with E-state index in [9.17, 15) is 9.50 Å². The van der Waals surface area contributed by atoms with Crippen molar-refractivity contribution in [2.45, 2.75) is 20.0 Å². The van der Waals surface area contributed by atoms with E-state index in [0.717, 1.165) is 0 Å². The molecule has 0 heterocycles. The molecule has 3 N–H and O–H groups in total. The first kappa shape index (κ1) is 13.6. The van der Waals surface area contributed by atoms with E-state index in [1.165, 1.54) is 12.1 Å². The summed E-state index contributed by atoms with van der Waals surface area (Å²) in [6.07, 6.45) is -0.667. The number of hydrogen-bond acceptors (Lipinski definition) is 2. The maximum absolute atomic E-state index is 12.9. The third-order valence-corrected chi connectivity index (χ3v) is 3.50. The molecule has 16 heavy (non-hydrogen) atoms. The fourth-order valence-corrected chi connectivity index (χ4v) is 2.32. The molecule has 2 nitrogen and oxygen atoms in total. The van der Waals surface area contributed by atoms with E-state index in [0.29, 0.717) is 16.6 Å². The zero-order valence-corrected chi connectivity index (χ0v) is 11.0. The lowest BCUT2D eigenvalue weighted by Crippen LogP contribution is -2.26. The fraction of sp³-hybridized carbons (Fsp3) is 0.500. The van der Waals surface area contributed by atoms with Gasteiger partial charge in [0.25, 0.3) is 0 Å². The van der Waals surface area contributed by atoms with Gasteiger partial charge in [-0.25, -0.2) is 4.39 Å². The molecule has 1 rings (SSSR count). The SMILES string of the molecule is CC(C)C(CN)C(O)c1ccc(F)cc1Br. The Morgan fingerprint density at radius 1 is 1.44 bits per heavy atom. The van der Waals surface area contributed by atoms with Crippen molar-refractivity contribution in [3.05, 3.63) is 34.1 Å². The molecule has 0 spiro atoms. The Bertz CT molecular complexity index is 357. The lowest BCUT2D eigenvalue weighted by molar-refractivity contribution is 0.0854. The molecule has 0 aliphatic rings. The first-order valence-electron chi connectivity index (χ1n) is 5.30.